The van der Waals surface area contributed by atoms with Crippen LogP contribution >= 0.6 is 24.8 Å². The molecule has 0 bridgehead atoms. The second-order valence-corrected chi connectivity index (χ2v) is 4.73. The fourth-order valence-corrected chi connectivity index (χ4v) is 2.50. The molecule has 0 spiro atoms. The van der Waals surface area contributed by atoms with Crippen molar-refractivity contribution in [1.82, 2.24) is 10.2 Å². The second-order valence-electron chi connectivity index (χ2n) is 4.73. The number of aromatic hydroxyl groups is 1. The number of phenols is 1. The number of nitrogens with one attached hydrogen (secondary N) is 1. The number of hydrogen-bond acceptors (Lipinski definition) is 5. The van der Waals surface area contributed by atoms with Crippen LogP contribution in [-0.4, -0.2) is 57.1 Å². The van der Waals surface area contributed by atoms with Gasteiger partial charge in [-0.15, -0.1) is 24.8 Å². The van der Waals surface area contributed by atoms with Crippen molar-refractivity contribution in [2.24, 2.45) is 0 Å². The third-order valence-electron chi connectivity index (χ3n) is 3.63. The van der Waals surface area contributed by atoms with E-state index in [1.807, 2.05) is 0 Å². The quantitative estimate of drug-likeness (QED) is 0.846. The summed E-state index contributed by atoms with van der Waals surface area (Å²) in [6.45, 7) is 2.79. The van der Waals surface area contributed by atoms with E-state index in [4.69, 9.17) is 9.47 Å². The maximum Gasteiger partial charge on any atom is 0.200 e. The minimum absolute atomic E-state index is 0. The van der Waals surface area contributed by atoms with Crippen LogP contribution in [0.1, 0.15) is 11.6 Å². The number of benzene rings is 1. The van der Waals surface area contributed by atoms with Crippen molar-refractivity contribution >= 4 is 24.8 Å². The van der Waals surface area contributed by atoms with E-state index in [1.54, 1.807) is 12.1 Å². The Hall–Kier alpha value is -0.950. The van der Waals surface area contributed by atoms with E-state index in [0.29, 0.717) is 11.5 Å². The highest BCUT2D eigenvalue weighted by Crippen LogP contribution is 2.39. The summed E-state index contributed by atoms with van der Waals surface area (Å²) in [6.07, 6.45) is 0. The third kappa shape index (κ3) is 4.52. The molecule has 0 radical (unpaired) electrons. The highest BCUT2D eigenvalue weighted by Gasteiger charge is 2.24. The smallest absolute Gasteiger partial charge is 0.200 e. The summed E-state index contributed by atoms with van der Waals surface area (Å²) in [6, 6.07) is 2.99. The van der Waals surface area contributed by atoms with Crippen LogP contribution in [0.5, 0.6) is 17.2 Å². The summed E-state index contributed by atoms with van der Waals surface area (Å²) in [5, 5.41) is 13.2. The minimum Gasteiger partial charge on any atom is -0.502 e. The first-order valence-corrected chi connectivity index (χ1v) is 6.66. The van der Waals surface area contributed by atoms with Gasteiger partial charge in [0, 0.05) is 26.2 Å². The average molecular weight is 357 g/mol. The van der Waals surface area contributed by atoms with E-state index in [9.17, 15) is 9.50 Å². The molecule has 1 aliphatic rings. The first-order chi connectivity index (χ1) is 9.71. The Morgan fingerprint density at radius 2 is 1.68 bits per heavy atom. The van der Waals surface area contributed by atoms with Gasteiger partial charge in [-0.3, -0.25) is 4.90 Å². The predicted octanol–water partition coefficient (Wildman–Crippen LogP) is 2.17. The van der Waals surface area contributed by atoms with Gasteiger partial charge in [-0.1, -0.05) is 0 Å². The van der Waals surface area contributed by atoms with Crippen molar-refractivity contribution in [3.63, 3.8) is 0 Å². The van der Waals surface area contributed by atoms with Gasteiger partial charge in [-0.2, -0.15) is 0 Å². The van der Waals surface area contributed by atoms with Crippen LogP contribution in [0.25, 0.3) is 0 Å². The molecule has 1 aromatic rings. The van der Waals surface area contributed by atoms with Crippen LogP contribution in [0.15, 0.2) is 12.1 Å². The van der Waals surface area contributed by atoms with E-state index in [0.717, 1.165) is 31.7 Å². The van der Waals surface area contributed by atoms with Crippen molar-refractivity contribution < 1.29 is 19.0 Å². The molecule has 1 aliphatic heterocycles. The molecule has 0 saturated carbocycles. The summed E-state index contributed by atoms with van der Waals surface area (Å²) in [5.74, 6) is 0.539. The van der Waals surface area contributed by atoms with Gasteiger partial charge in [0.15, 0.2) is 11.5 Å². The average Bonchev–Trinajstić information content (AvgIpc) is 2.50. The number of ether oxygens (including phenoxy) is 2. The molecule has 5 nitrogen and oxygen atoms in total. The van der Waals surface area contributed by atoms with Crippen LogP contribution in [0.4, 0.5) is 4.39 Å². The maximum absolute atomic E-state index is 13.5. The molecule has 2 rings (SSSR count). The number of rotatable bonds is 5. The Bertz CT molecular complexity index is 435. The van der Waals surface area contributed by atoms with Gasteiger partial charge in [0.2, 0.25) is 5.75 Å². The molecule has 22 heavy (non-hydrogen) atoms. The zero-order valence-electron chi connectivity index (χ0n) is 12.7. The Labute approximate surface area is 142 Å². The molecular formula is C14H23Cl2FN2O3. The van der Waals surface area contributed by atoms with Crippen molar-refractivity contribution in [1.29, 1.82) is 0 Å². The first-order valence-electron chi connectivity index (χ1n) is 6.66. The Morgan fingerprint density at radius 3 is 2.09 bits per heavy atom. The molecule has 2 N–H and O–H groups in total. The summed E-state index contributed by atoms with van der Waals surface area (Å²) in [7, 11) is 2.93. The molecule has 8 heteroatoms. The highest BCUT2D eigenvalue weighted by atomic mass is 35.5. The molecule has 1 atom stereocenters. The zero-order chi connectivity index (χ0) is 14.5. The number of methoxy groups -OCH3 is 2. The number of hydrogen-bond donors (Lipinski definition) is 2. The lowest BCUT2D eigenvalue weighted by Crippen LogP contribution is -2.45. The van der Waals surface area contributed by atoms with Gasteiger partial charge in [-0.25, -0.2) is 4.39 Å². The topological polar surface area (TPSA) is 54.0 Å². The Balaban J connectivity index is 0.00000220. The molecule has 1 fully saturated rings. The van der Waals surface area contributed by atoms with E-state index < -0.39 is 6.67 Å². The number of phenolic OH excluding ortho intramolecular Hbond substituents is 1. The Morgan fingerprint density at radius 1 is 1.18 bits per heavy atom. The molecular weight excluding hydrogens is 334 g/mol. The molecule has 1 aromatic carbocycles. The van der Waals surface area contributed by atoms with Crippen molar-refractivity contribution in [3.05, 3.63) is 17.7 Å². The number of piperazine rings is 1. The molecule has 1 heterocycles. The van der Waals surface area contributed by atoms with E-state index in [2.05, 4.69) is 10.2 Å². The molecule has 0 amide bonds. The standard InChI is InChI=1S/C14H21FN2O3.2ClH/c1-19-12-7-10(8-13(20-2)14(12)18)11(9-15)17-5-3-16-4-6-17;;/h7-8,11,16,18H,3-6,9H2,1-2H3;2*1H/t11-;;/m0../s1. The van der Waals surface area contributed by atoms with Gasteiger partial charge >= 0.3 is 0 Å². The SMILES string of the molecule is COc1cc([C@H](CF)N2CCNCC2)cc(OC)c1O.Cl.Cl. The van der Waals surface area contributed by atoms with Crippen LogP contribution in [0.2, 0.25) is 0 Å². The lowest BCUT2D eigenvalue weighted by molar-refractivity contribution is 0.147. The minimum atomic E-state index is -0.489. The van der Waals surface area contributed by atoms with Crippen LogP contribution in [-0.2, 0) is 0 Å². The lowest BCUT2D eigenvalue weighted by Gasteiger charge is -2.34. The molecule has 0 aromatic heterocycles. The zero-order valence-corrected chi connectivity index (χ0v) is 14.3. The van der Waals surface area contributed by atoms with Gasteiger partial charge in [0.05, 0.1) is 20.3 Å². The fraction of sp³-hybridized carbons (Fsp3) is 0.571. The van der Waals surface area contributed by atoms with Gasteiger partial charge < -0.3 is 19.9 Å². The van der Waals surface area contributed by atoms with E-state index in [-0.39, 0.29) is 36.6 Å². The van der Waals surface area contributed by atoms with Crippen LogP contribution in [0, 0.1) is 0 Å². The Kier molecular flexibility index (Phi) is 9.51. The van der Waals surface area contributed by atoms with Crippen molar-refractivity contribution in [2.45, 2.75) is 6.04 Å². The lowest BCUT2D eigenvalue weighted by atomic mass is 10.0. The molecule has 1 saturated heterocycles. The van der Waals surface area contributed by atoms with Crippen LogP contribution in [0.3, 0.4) is 0 Å². The van der Waals surface area contributed by atoms with E-state index >= 15 is 0 Å². The molecule has 0 aliphatic carbocycles. The molecule has 0 unspecified atom stereocenters. The summed E-state index contributed by atoms with van der Waals surface area (Å²) < 4.78 is 23.7. The van der Waals surface area contributed by atoms with Crippen LogP contribution < -0.4 is 14.8 Å². The monoisotopic (exact) mass is 356 g/mol. The predicted molar refractivity (Wildman–Crippen MR) is 88.9 cm³/mol. The third-order valence-corrected chi connectivity index (χ3v) is 3.63. The number of halogens is 3. The van der Waals surface area contributed by atoms with Crippen molar-refractivity contribution in [3.8, 4) is 17.2 Å². The summed E-state index contributed by atoms with van der Waals surface area (Å²) in [5.41, 5.74) is 0.751. The van der Waals surface area contributed by atoms with Gasteiger partial charge in [-0.05, 0) is 17.7 Å². The first kappa shape index (κ1) is 21.0. The van der Waals surface area contributed by atoms with Crippen molar-refractivity contribution in [2.75, 3.05) is 47.1 Å². The second kappa shape index (κ2) is 9.94. The highest BCUT2D eigenvalue weighted by molar-refractivity contribution is 5.85. The van der Waals surface area contributed by atoms with Gasteiger partial charge in [0.1, 0.15) is 6.67 Å². The summed E-state index contributed by atoms with van der Waals surface area (Å²) in [4.78, 5) is 2.09. The largest absolute Gasteiger partial charge is 0.502 e. The van der Waals surface area contributed by atoms with E-state index in [1.165, 1.54) is 14.2 Å². The summed E-state index contributed by atoms with van der Waals surface area (Å²) >= 11 is 0. The number of nitrogens with zero attached hydrogens (tertiary/aromatic N) is 1. The normalized spacial score (nSPS) is 16.1. The molecule has 128 valence electrons. The fourth-order valence-electron chi connectivity index (χ4n) is 2.50. The maximum atomic E-state index is 13.5. The number of alkyl halides is 1. The van der Waals surface area contributed by atoms with Gasteiger partial charge in [0.25, 0.3) is 0 Å².